The van der Waals surface area contributed by atoms with Gasteiger partial charge in [-0.2, -0.15) is 0 Å². The van der Waals surface area contributed by atoms with Crippen LogP contribution in [-0.4, -0.2) is 29.0 Å². The lowest BCUT2D eigenvalue weighted by atomic mass is 10.1. The normalized spacial score (nSPS) is 31.9. The molecule has 1 saturated heterocycles. The van der Waals surface area contributed by atoms with Crippen molar-refractivity contribution in [1.82, 2.24) is 4.90 Å². The van der Waals surface area contributed by atoms with E-state index in [1.807, 2.05) is 0 Å². The molecule has 1 heterocycles. The fourth-order valence-corrected chi connectivity index (χ4v) is 2.16. The van der Waals surface area contributed by atoms with Gasteiger partial charge in [0.25, 0.3) is 0 Å². The summed E-state index contributed by atoms with van der Waals surface area (Å²) in [5.41, 5.74) is 5.60. The first kappa shape index (κ1) is 10.9. The van der Waals surface area contributed by atoms with E-state index in [-0.39, 0.29) is 0 Å². The van der Waals surface area contributed by atoms with Crippen molar-refractivity contribution in [2.45, 2.75) is 33.2 Å². The molecular weight excluding hydrogens is 180 g/mol. The maximum atomic E-state index is 5.60. The molecule has 1 fully saturated rings. The van der Waals surface area contributed by atoms with E-state index in [0.29, 0.717) is 16.9 Å². The van der Waals surface area contributed by atoms with E-state index in [1.165, 1.54) is 13.0 Å². The molecule has 3 atom stereocenters. The van der Waals surface area contributed by atoms with E-state index in [1.54, 1.807) is 0 Å². The number of nitrogens with zero attached hydrogens (tertiary/aromatic N) is 1. The largest absolute Gasteiger partial charge is 0.393 e. The van der Waals surface area contributed by atoms with Crippen LogP contribution in [0.4, 0.5) is 0 Å². The van der Waals surface area contributed by atoms with Crippen molar-refractivity contribution in [1.29, 1.82) is 0 Å². The first-order valence-electron chi connectivity index (χ1n) is 5.04. The van der Waals surface area contributed by atoms with Crippen LogP contribution in [0, 0.1) is 11.8 Å². The second-order valence-corrected chi connectivity index (χ2v) is 4.92. The highest BCUT2D eigenvalue weighted by molar-refractivity contribution is 7.80. The number of likely N-dealkylation sites (tertiary alicyclic amines) is 1. The van der Waals surface area contributed by atoms with Crippen LogP contribution in [0.3, 0.4) is 0 Å². The first-order chi connectivity index (χ1) is 6.00. The van der Waals surface area contributed by atoms with Gasteiger partial charge in [0.1, 0.15) is 0 Å². The Balaban J connectivity index is 2.41. The zero-order valence-corrected chi connectivity index (χ0v) is 9.60. The molecule has 1 aliphatic rings. The molecule has 0 saturated carbocycles. The maximum Gasteiger partial charge on any atom is 0.0768 e. The van der Waals surface area contributed by atoms with E-state index in [9.17, 15) is 0 Å². The Morgan fingerprint density at radius 3 is 2.62 bits per heavy atom. The maximum absolute atomic E-state index is 5.60. The van der Waals surface area contributed by atoms with Crippen molar-refractivity contribution in [3.8, 4) is 0 Å². The van der Waals surface area contributed by atoms with Crippen molar-refractivity contribution < 1.29 is 0 Å². The molecule has 3 unspecified atom stereocenters. The molecule has 0 radical (unpaired) electrons. The van der Waals surface area contributed by atoms with Gasteiger partial charge in [0.05, 0.1) is 4.99 Å². The molecule has 0 aromatic heterocycles. The number of hydrogen-bond acceptors (Lipinski definition) is 2. The summed E-state index contributed by atoms with van der Waals surface area (Å²) < 4.78 is 0. The standard InChI is InChI=1S/C10H20N2S/c1-7-4-9(3)12(5-7)6-8(2)10(11)13/h7-9H,4-6H2,1-3H3,(H2,11,13). The summed E-state index contributed by atoms with van der Waals surface area (Å²) in [7, 11) is 0. The second kappa shape index (κ2) is 4.38. The Labute approximate surface area is 86.5 Å². The van der Waals surface area contributed by atoms with Crippen molar-refractivity contribution >= 4 is 17.2 Å². The van der Waals surface area contributed by atoms with E-state index >= 15 is 0 Å². The monoisotopic (exact) mass is 200 g/mol. The van der Waals surface area contributed by atoms with Crippen molar-refractivity contribution in [2.75, 3.05) is 13.1 Å². The fraction of sp³-hybridized carbons (Fsp3) is 0.900. The molecule has 1 aliphatic heterocycles. The summed E-state index contributed by atoms with van der Waals surface area (Å²) >= 11 is 4.97. The molecule has 0 bridgehead atoms. The molecular formula is C10H20N2S. The second-order valence-electron chi connectivity index (χ2n) is 4.45. The van der Waals surface area contributed by atoms with Gasteiger partial charge in [-0.25, -0.2) is 0 Å². The van der Waals surface area contributed by atoms with Crippen LogP contribution in [0.2, 0.25) is 0 Å². The Bertz CT molecular complexity index is 193. The summed E-state index contributed by atoms with van der Waals surface area (Å²) in [5.74, 6) is 1.18. The molecule has 3 heteroatoms. The van der Waals surface area contributed by atoms with Gasteiger partial charge in [-0.15, -0.1) is 0 Å². The Morgan fingerprint density at radius 2 is 2.23 bits per heavy atom. The van der Waals surface area contributed by atoms with Gasteiger partial charge in [0, 0.05) is 25.0 Å². The summed E-state index contributed by atoms with van der Waals surface area (Å²) in [5, 5.41) is 0. The van der Waals surface area contributed by atoms with Crippen molar-refractivity contribution in [3.63, 3.8) is 0 Å². The fourth-order valence-electron chi connectivity index (χ4n) is 2.08. The highest BCUT2D eigenvalue weighted by atomic mass is 32.1. The number of thiocarbonyl (C=S) groups is 1. The number of nitrogens with two attached hydrogens (primary N) is 1. The molecule has 0 aliphatic carbocycles. The first-order valence-corrected chi connectivity index (χ1v) is 5.45. The van der Waals surface area contributed by atoms with E-state index < -0.39 is 0 Å². The minimum atomic E-state index is 0.350. The predicted molar refractivity (Wildman–Crippen MR) is 60.8 cm³/mol. The molecule has 0 aromatic carbocycles. The van der Waals surface area contributed by atoms with Gasteiger partial charge in [0.2, 0.25) is 0 Å². The van der Waals surface area contributed by atoms with Crippen LogP contribution in [0.1, 0.15) is 27.2 Å². The third-order valence-electron chi connectivity index (χ3n) is 2.91. The Morgan fingerprint density at radius 1 is 1.62 bits per heavy atom. The third-order valence-corrected chi connectivity index (χ3v) is 3.31. The number of hydrogen-bond donors (Lipinski definition) is 1. The van der Waals surface area contributed by atoms with Gasteiger partial charge >= 0.3 is 0 Å². The lowest BCUT2D eigenvalue weighted by molar-refractivity contribution is 0.250. The van der Waals surface area contributed by atoms with Crippen molar-refractivity contribution in [2.24, 2.45) is 17.6 Å². The Kier molecular flexibility index (Phi) is 3.68. The van der Waals surface area contributed by atoms with Crippen LogP contribution in [-0.2, 0) is 0 Å². The smallest absolute Gasteiger partial charge is 0.0768 e. The quantitative estimate of drug-likeness (QED) is 0.702. The molecule has 2 nitrogen and oxygen atoms in total. The summed E-state index contributed by atoms with van der Waals surface area (Å²) in [4.78, 5) is 3.14. The van der Waals surface area contributed by atoms with Gasteiger partial charge < -0.3 is 5.73 Å². The highest BCUT2D eigenvalue weighted by Crippen LogP contribution is 2.22. The van der Waals surface area contributed by atoms with Gasteiger partial charge in [-0.1, -0.05) is 26.1 Å². The SMILES string of the molecule is CC1CC(C)N(CC(C)C(N)=S)C1. The van der Waals surface area contributed by atoms with Crippen LogP contribution in [0.25, 0.3) is 0 Å². The molecule has 0 spiro atoms. The van der Waals surface area contributed by atoms with Crippen molar-refractivity contribution in [3.05, 3.63) is 0 Å². The van der Waals surface area contributed by atoms with Crippen LogP contribution < -0.4 is 5.73 Å². The van der Waals surface area contributed by atoms with Gasteiger partial charge in [-0.3, -0.25) is 4.90 Å². The zero-order chi connectivity index (χ0) is 10.0. The average Bonchev–Trinajstić information content (AvgIpc) is 2.30. The van der Waals surface area contributed by atoms with E-state index in [4.69, 9.17) is 18.0 Å². The summed E-state index contributed by atoms with van der Waals surface area (Å²) in [6.07, 6.45) is 1.31. The van der Waals surface area contributed by atoms with Gasteiger partial charge in [0.15, 0.2) is 0 Å². The predicted octanol–water partition coefficient (Wildman–Crippen LogP) is 1.64. The van der Waals surface area contributed by atoms with Crippen LogP contribution >= 0.6 is 12.2 Å². The third kappa shape index (κ3) is 2.92. The van der Waals surface area contributed by atoms with E-state index in [2.05, 4.69) is 25.7 Å². The summed E-state index contributed by atoms with van der Waals surface area (Å²) in [6, 6.07) is 0.701. The lowest BCUT2D eigenvalue weighted by Crippen LogP contribution is -2.36. The summed E-state index contributed by atoms with van der Waals surface area (Å²) in [6.45, 7) is 8.94. The lowest BCUT2D eigenvalue weighted by Gasteiger charge is -2.24. The number of rotatable bonds is 3. The minimum absolute atomic E-state index is 0.350. The molecule has 0 amide bonds. The topological polar surface area (TPSA) is 29.3 Å². The molecule has 2 N–H and O–H groups in total. The molecule has 13 heavy (non-hydrogen) atoms. The average molecular weight is 200 g/mol. The molecule has 76 valence electrons. The van der Waals surface area contributed by atoms with Crippen LogP contribution in [0.5, 0.6) is 0 Å². The van der Waals surface area contributed by atoms with Crippen LogP contribution in [0.15, 0.2) is 0 Å². The minimum Gasteiger partial charge on any atom is -0.393 e. The highest BCUT2D eigenvalue weighted by Gasteiger charge is 2.27. The Hall–Kier alpha value is -0.150. The zero-order valence-electron chi connectivity index (χ0n) is 8.79. The molecule has 0 aromatic rings. The molecule has 1 rings (SSSR count). The van der Waals surface area contributed by atoms with Gasteiger partial charge in [-0.05, 0) is 19.3 Å². The van der Waals surface area contributed by atoms with E-state index in [0.717, 1.165) is 12.5 Å².